The first-order valence-corrected chi connectivity index (χ1v) is 13.0. The van der Waals surface area contributed by atoms with E-state index in [9.17, 15) is 0 Å². The van der Waals surface area contributed by atoms with Crippen molar-refractivity contribution in [1.82, 2.24) is 20.1 Å². The average molecular weight is 519 g/mol. The van der Waals surface area contributed by atoms with Crippen LogP contribution in [0.5, 0.6) is 0 Å². The van der Waals surface area contributed by atoms with Crippen molar-refractivity contribution < 1.29 is 0 Å². The molecule has 39 heavy (non-hydrogen) atoms. The van der Waals surface area contributed by atoms with Crippen LogP contribution in [0.15, 0.2) is 84.0 Å². The van der Waals surface area contributed by atoms with Gasteiger partial charge in [-0.3, -0.25) is 0 Å². The minimum Gasteiger partial charge on any atom is -0.382 e. The molecule has 0 aliphatic carbocycles. The number of rotatable bonds is 8. The molecule has 0 amide bonds. The molecule has 8 nitrogen and oxygen atoms in total. The van der Waals surface area contributed by atoms with Crippen LogP contribution in [0, 0.1) is 13.8 Å². The Morgan fingerprint density at radius 3 is 2.38 bits per heavy atom. The van der Waals surface area contributed by atoms with E-state index in [1.54, 1.807) is 0 Å². The highest BCUT2D eigenvalue weighted by atomic mass is 15.5. The van der Waals surface area contributed by atoms with Crippen LogP contribution in [0.25, 0.3) is 22.3 Å². The van der Waals surface area contributed by atoms with Crippen LogP contribution in [0.1, 0.15) is 35.1 Å². The van der Waals surface area contributed by atoms with Crippen LogP contribution in [0.2, 0.25) is 0 Å². The van der Waals surface area contributed by atoms with Crippen molar-refractivity contribution in [2.45, 2.75) is 33.7 Å². The maximum Gasteiger partial charge on any atom is 0.160 e. The third-order valence-electron chi connectivity index (χ3n) is 7.02. The molecule has 3 aromatic carbocycles. The van der Waals surface area contributed by atoms with Crippen LogP contribution in [0.4, 0.5) is 11.4 Å². The lowest BCUT2D eigenvalue weighted by Crippen LogP contribution is -2.23. The van der Waals surface area contributed by atoms with Gasteiger partial charge in [-0.15, -0.1) is 5.10 Å². The number of hydrogen-bond donors (Lipinski definition) is 3. The molecule has 5 aromatic rings. The number of nitrogens with zero attached hydrogens (tertiary/aromatic N) is 5. The van der Waals surface area contributed by atoms with E-state index in [2.05, 4.69) is 82.5 Å². The van der Waals surface area contributed by atoms with Crippen molar-refractivity contribution in [3.63, 3.8) is 0 Å². The summed E-state index contributed by atoms with van der Waals surface area (Å²) in [6.07, 6.45) is 0.839. The molecule has 0 aliphatic rings. The zero-order chi connectivity index (χ0) is 27.5. The Balaban J connectivity index is 1.52. The first-order chi connectivity index (χ1) is 18.9. The molecule has 0 aliphatic heterocycles. The number of benzene rings is 3. The first-order valence-electron chi connectivity index (χ1n) is 13.0. The molecule has 0 spiro atoms. The molecular weight excluding hydrogens is 484 g/mol. The van der Waals surface area contributed by atoms with Gasteiger partial charge in [0, 0.05) is 36.1 Å². The molecule has 0 saturated carbocycles. The predicted molar refractivity (Wildman–Crippen MR) is 160 cm³/mol. The fourth-order valence-electron chi connectivity index (χ4n) is 4.99. The van der Waals surface area contributed by atoms with Gasteiger partial charge in [-0.25, -0.2) is 21.3 Å². The van der Waals surface area contributed by atoms with Gasteiger partial charge in [-0.05, 0) is 72.5 Å². The molecule has 0 unspecified atom stereocenters. The van der Waals surface area contributed by atoms with Crippen molar-refractivity contribution in [2.24, 2.45) is 16.7 Å². The van der Waals surface area contributed by atoms with Gasteiger partial charge < -0.3 is 15.2 Å². The maximum atomic E-state index is 6.29. The highest BCUT2D eigenvalue weighted by Gasteiger charge is 2.16. The summed E-state index contributed by atoms with van der Waals surface area (Å²) in [6.45, 7) is 6.95. The van der Waals surface area contributed by atoms with E-state index in [1.165, 1.54) is 0 Å². The van der Waals surface area contributed by atoms with Crippen LogP contribution in [0.3, 0.4) is 0 Å². The van der Waals surface area contributed by atoms with Crippen molar-refractivity contribution >= 4 is 28.4 Å². The second kappa shape index (κ2) is 11.0. The van der Waals surface area contributed by atoms with Gasteiger partial charge in [0.25, 0.3) is 0 Å². The molecule has 0 bridgehead atoms. The standard InChI is InChI=1S/C31H34N8/c1-5-28-35-29-20(2)17-21(3)34-31(29)39(28)19-22-11-13-23(14-12-22)27-18-25(15-16-26(27)30(32)36-37-33)38(4)24-9-7-6-8-10-24/h6-18,37H,5,19,33H2,1-4H3,(H2,32,36). The zero-order valence-corrected chi connectivity index (χ0v) is 22.8. The second-order valence-corrected chi connectivity index (χ2v) is 9.67. The van der Waals surface area contributed by atoms with Gasteiger partial charge in [0.1, 0.15) is 11.3 Å². The van der Waals surface area contributed by atoms with Crippen molar-refractivity contribution in [3.05, 3.63) is 107 Å². The Morgan fingerprint density at radius 2 is 1.69 bits per heavy atom. The molecule has 5 N–H and O–H groups in total. The normalized spacial score (nSPS) is 11.7. The minimum absolute atomic E-state index is 0.319. The molecule has 8 heteroatoms. The number of hydrogen-bond acceptors (Lipinski definition) is 6. The lowest BCUT2D eigenvalue weighted by Gasteiger charge is -2.21. The van der Waals surface area contributed by atoms with Gasteiger partial charge in [0.2, 0.25) is 0 Å². The maximum absolute atomic E-state index is 6.29. The first kappa shape index (κ1) is 25.9. The number of hydrazine groups is 1. The van der Waals surface area contributed by atoms with Gasteiger partial charge in [-0.1, -0.05) is 49.4 Å². The van der Waals surface area contributed by atoms with E-state index in [4.69, 9.17) is 21.5 Å². The summed E-state index contributed by atoms with van der Waals surface area (Å²) in [5.74, 6) is 6.79. The number of nitrogens with one attached hydrogen (secondary N) is 1. The third kappa shape index (κ3) is 5.19. The molecule has 198 valence electrons. The summed E-state index contributed by atoms with van der Waals surface area (Å²) >= 11 is 0. The highest BCUT2D eigenvalue weighted by molar-refractivity contribution is 6.04. The number of hydrazone groups is 1. The Kier molecular flexibility index (Phi) is 7.29. The Bertz CT molecular complexity index is 1640. The van der Waals surface area contributed by atoms with Crippen molar-refractivity contribution in [3.8, 4) is 11.1 Å². The second-order valence-electron chi connectivity index (χ2n) is 9.67. The summed E-state index contributed by atoms with van der Waals surface area (Å²) in [4.78, 5) is 11.8. The minimum atomic E-state index is 0.319. The zero-order valence-electron chi connectivity index (χ0n) is 22.8. The predicted octanol–water partition coefficient (Wildman–Crippen LogP) is 5.18. The summed E-state index contributed by atoms with van der Waals surface area (Å²) in [5, 5.41) is 4.03. The van der Waals surface area contributed by atoms with E-state index >= 15 is 0 Å². The summed E-state index contributed by atoms with van der Waals surface area (Å²) in [5.41, 5.74) is 18.8. The molecule has 0 atom stereocenters. The van der Waals surface area contributed by atoms with Crippen LogP contribution in [-0.4, -0.2) is 27.4 Å². The SMILES string of the molecule is CCc1nc2c(C)cc(C)nc2n1Cc1ccc(-c2cc(N(C)c3ccccc3)ccc2/C(N)=N/NN)cc1. The van der Waals surface area contributed by atoms with E-state index in [1.807, 2.05) is 44.3 Å². The Hall–Kier alpha value is -4.69. The van der Waals surface area contributed by atoms with Gasteiger partial charge >= 0.3 is 0 Å². The Morgan fingerprint density at radius 1 is 0.949 bits per heavy atom. The average Bonchev–Trinajstić information content (AvgIpc) is 3.30. The number of amidine groups is 1. The number of aryl methyl sites for hydroxylation is 3. The van der Waals surface area contributed by atoms with Gasteiger partial charge in [-0.2, -0.15) is 0 Å². The summed E-state index contributed by atoms with van der Waals surface area (Å²) in [6, 6.07) is 27.0. The molecule has 2 aromatic heterocycles. The van der Waals surface area contributed by atoms with E-state index in [-0.39, 0.29) is 0 Å². The number of fused-ring (bicyclic) bond motifs is 1. The summed E-state index contributed by atoms with van der Waals surface area (Å²) < 4.78 is 2.22. The van der Waals surface area contributed by atoms with Crippen molar-refractivity contribution in [2.75, 3.05) is 11.9 Å². The number of pyridine rings is 1. The Labute approximate surface area is 229 Å². The third-order valence-corrected chi connectivity index (χ3v) is 7.02. The smallest absolute Gasteiger partial charge is 0.160 e. The van der Waals surface area contributed by atoms with Crippen LogP contribution in [-0.2, 0) is 13.0 Å². The lowest BCUT2D eigenvalue weighted by atomic mass is 9.97. The molecule has 0 saturated heterocycles. The molecule has 0 fully saturated rings. The fourth-order valence-corrected chi connectivity index (χ4v) is 4.99. The number of imidazole rings is 1. The van der Waals surface area contributed by atoms with E-state index in [0.717, 1.165) is 68.3 Å². The van der Waals surface area contributed by atoms with Crippen molar-refractivity contribution in [1.29, 1.82) is 0 Å². The number of nitrogens with two attached hydrogens (primary N) is 2. The van der Waals surface area contributed by atoms with E-state index < -0.39 is 0 Å². The summed E-state index contributed by atoms with van der Waals surface area (Å²) in [7, 11) is 2.05. The number of anilines is 2. The van der Waals surface area contributed by atoms with E-state index in [0.29, 0.717) is 12.4 Å². The molecule has 2 heterocycles. The number of aromatic nitrogens is 3. The fraction of sp³-hybridized carbons (Fsp3) is 0.194. The lowest BCUT2D eigenvalue weighted by molar-refractivity contribution is 0.745. The monoisotopic (exact) mass is 518 g/mol. The van der Waals surface area contributed by atoms with Crippen LogP contribution >= 0.6 is 0 Å². The number of para-hydroxylation sites is 1. The van der Waals surface area contributed by atoms with Gasteiger partial charge in [0.05, 0.1) is 6.54 Å². The molecule has 0 radical (unpaired) electrons. The van der Waals surface area contributed by atoms with Crippen LogP contribution < -0.4 is 22.0 Å². The largest absolute Gasteiger partial charge is 0.382 e. The quantitative estimate of drug-likeness (QED) is 0.113. The highest BCUT2D eigenvalue weighted by Crippen LogP contribution is 2.32. The molecular formula is C31H34N8. The van der Waals surface area contributed by atoms with Gasteiger partial charge in [0.15, 0.2) is 11.5 Å². The topological polar surface area (TPSA) is 110 Å². The molecule has 5 rings (SSSR count).